The first-order chi connectivity index (χ1) is 7.51. The number of halogens is 1. The molecule has 0 saturated carbocycles. The van der Waals surface area contributed by atoms with Gasteiger partial charge in [0.25, 0.3) is 0 Å². The molecule has 0 spiro atoms. The molecule has 0 radical (unpaired) electrons. The van der Waals surface area contributed by atoms with Crippen molar-refractivity contribution in [3.05, 3.63) is 22.7 Å². The van der Waals surface area contributed by atoms with Gasteiger partial charge in [0.2, 0.25) is 0 Å². The summed E-state index contributed by atoms with van der Waals surface area (Å²) >= 11 is 6.00. The van der Waals surface area contributed by atoms with Gasteiger partial charge < -0.3 is 20.3 Å². The monoisotopic (exact) mass is 245 g/mol. The lowest BCUT2D eigenvalue weighted by atomic mass is 10.0. The van der Waals surface area contributed by atoms with Crippen molar-refractivity contribution in [1.82, 2.24) is 0 Å². The molecule has 0 bridgehead atoms. The average Bonchev–Trinajstić information content (AvgIpc) is 2.28. The van der Waals surface area contributed by atoms with Crippen molar-refractivity contribution in [3.8, 4) is 11.5 Å². The largest absolute Gasteiger partial charge is 0.495 e. The van der Waals surface area contributed by atoms with E-state index >= 15 is 0 Å². The van der Waals surface area contributed by atoms with Crippen LogP contribution >= 0.6 is 11.6 Å². The SMILES string of the molecule is COc1cc([C@@H](O)[C@H](C)N)cc(OC)c1Cl. The van der Waals surface area contributed by atoms with Gasteiger partial charge in [-0.1, -0.05) is 11.6 Å². The lowest BCUT2D eigenvalue weighted by Crippen LogP contribution is -2.24. The first kappa shape index (κ1) is 13.1. The van der Waals surface area contributed by atoms with E-state index in [0.717, 1.165) is 0 Å². The Bertz CT molecular complexity index is 343. The smallest absolute Gasteiger partial charge is 0.141 e. The molecule has 1 aromatic rings. The predicted molar refractivity (Wildman–Crippen MR) is 63.2 cm³/mol. The van der Waals surface area contributed by atoms with Crippen LogP contribution in [0.25, 0.3) is 0 Å². The fraction of sp³-hybridized carbons (Fsp3) is 0.455. The summed E-state index contributed by atoms with van der Waals surface area (Å²) in [7, 11) is 3.01. The lowest BCUT2D eigenvalue weighted by molar-refractivity contribution is 0.152. The van der Waals surface area contributed by atoms with Crippen molar-refractivity contribution >= 4 is 11.6 Å². The van der Waals surface area contributed by atoms with Gasteiger partial charge in [0.1, 0.15) is 16.5 Å². The van der Waals surface area contributed by atoms with E-state index in [1.54, 1.807) is 19.1 Å². The van der Waals surface area contributed by atoms with Gasteiger partial charge in [-0.3, -0.25) is 0 Å². The maximum atomic E-state index is 9.85. The molecule has 3 N–H and O–H groups in total. The first-order valence-electron chi connectivity index (χ1n) is 4.86. The molecule has 0 aliphatic rings. The van der Waals surface area contributed by atoms with Crippen LogP contribution in [0, 0.1) is 0 Å². The number of nitrogens with two attached hydrogens (primary N) is 1. The van der Waals surface area contributed by atoms with Crippen LogP contribution in [0.4, 0.5) is 0 Å². The number of aliphatic hydroxyl groups excluding tert-OH is 1. The van der Waals surface area contributed by atoms with E-state index in [0.29, 0.717) is 22.1 Å². The second-order valence-corrected chi connectivity index (χ2v) is 3.92. The highest BCUT2D eigenvalue weighted by Crippen LogP contribution is 2.37. The molecule has 4 nitrogen and oxygen atoms in total. The van der Waals surface area contributed by atoms with Crippen molar-refractivity contribution in [2.45, 2.75) is 19.1 Å². The van der Waals surface area contributed by atoms with Crippen LogP contribution in [0.1, 0.15) is 18.6 Å². The van der Waals surface area contributed by atoms with Gasteiger partial charge in [-0.25, -0.2) is 0 Å². The number of hydrogen-bond acceptors (Lipinski definition) is 4. The third-order valence-electron chi connectivity index (χ3n) is 2.31. The van der Waals surface area contributed by atoms with Gasteiger partial charge in [-0.05, 0) is 24.6 Å². The predicted octanol–water partition coefficient (Wildman–Crippen LogP) is 1.74. The molecule has 0 aliphatic carbocycles. The molecule has 1 rings (SSSR count). The van der Waals surface area contributed by atoms with Gasteiger partial charge >= 0.3 is 0 Å². The minimum absolute atomic E-state index is 0.379. The van der Waals surface area contributed by atoms with Crippen LogP contribution in [0.3, 0.4) is 0 Å². The van der Waals surface area contributed by atoms with Gasteiger partial charge in [-0.15, -0.1) is 0 Å². The molecule has 0 heterocycles. The highest BCUT2D eigenvalue weighted by molar-refractivity contribution is 6.33. The molecular formula is C11H16ClNO3. The van der Waals surface area contributed by atoms with Gasteiger partial charge in [0.15, 0.2) is 0 Å². The van der Waals surface area contributed by atoms with Crippen LogP contribution < -0.4 is 15.2 Å². The van der Waals surface area contributed by atoms with E-state index in [9.17, 15) is 5.11 Å². The number of hydrogen-bond donors (Lipinski definition) is 2. The van der Waals surface area contributed by atoms with Crippen molar-refractivity contribution in [2.24, 2.45) is 5.73 Å². The molecule has 0 saturated heterocycles. The molecule has 5 heteroatoms. The van der Waals surface area contributed by atoms with E-state index in [1.807, 2.05) is 0 Å². The highest BCUT2D eigenvalue weighted by Gasteiger charge is 2.17. The van der Waals surface area contributed by atoms with Crippen molar-refractivity contribution in [2.75, 3.05) is 14.2 Å². The van der Waals surface area contributed by atoms with Crippen LogP contribution in [0.5, 0.6) is 11.5 Å². The van der Waals surface area contributed by atoms with Crippen molar-refractivity contribution < 1.29 is 14.6 Å². The van der Waals surface area contributed by atoms with E-state index in [4.69, 9.17) is 26.8 Å². The number of aliphatic hydroxyl groups is 1. The number of ether oxygens (including phenoxy) is 2. The molecular weight excluding hydrogens is 230 g/mol. The Balaban J connectivity index is 3.21. The summed E-state index contributed by atoms with van der Waals surface area (Å²) in [4.78, 5) is 0. The van der Waals surface area contributed by atoms with Crippen LogP contribution in [0.15, 0.2) is 12.1 Å². The Morgan fingerprint density at radius 2 is 1.69 bits per heavy atom. The molecule has 0 aromatic heterocycles. The van der Waals surface area contributed by atoms with Gasteiger partial charge in [0.05, 0.1) is 20.3 Å². The molecule has 16 heavy (non-hydrogen) atoms. The Morgan fingerprint density at radius 1 is 1.25 bits per heavy atom. The fourth-order valence-corrected chi connectivity index (χ4v) is 1.63. The summed E-state index contributed by atoms with van der Waals surface area (Å²) in [5.41, 5.74) is 6.24. The van der Waals surface area contributed by atoms with Crippen LogP contribution in [-0.2, 0) is 0 Å². The molecule has 1 aromatic carbocycles. The van der Waals surface area contributed by atoms with Crippen molar-refractivity contribution in [1.29, 1.82) is 0 Å². The number of methoxy groups -OCH3 is 2. The minimum atomic E-state index is -0.778. The van der Waals surface area contributed by atoms with Gasteiger partial charge in [0, 0.05) is 6.04 Å². The highest BCUT2D eigenvalue weighted by atomic mass is 35.5. The summed E-state index contributed by atoms with van der Waals surface area (Å²) < 4.78 is 10.2. The maximum Gasteiger partial charge on any atom is 0.141 e. The molecule has 2 atom stereocenters. The Hall–Kier alpha value is -0.970. The maximum absolute atomic E-state index is 9.85. The van der Waals surface area contributed by atoms with Crippen LogP contribution in [-0.4, -0.2) is 25.4 Å². The first-order valence-corrected chi connectivity index (χ1v) is 5.24. The molecule has 0 unspecified atom stereocenters. The quantitative estimate of drug-likeness (QED) is 0.848. The zero-order valence-corrected chi connectivity index (χ0v) is 10.3. The summed E-state index contributed by atoms with van der Waals surface area (Å²) in [5.74, 6) is 0.909. The van der Waals surface area contributed by atoms with E-state index in [-0.39, 0.29) is 6.04 Å². The third kappa shape index (κ3) is 2.58. The summed E-state index contributed by atoms with van der Waals surface area (Å²) in [6.07, 6.45) is -0.778. The Labute approximate surface area is 99.9 Å². The Kier molecular flexibility index (Phi) is 4.41. The Morgan fingerprint density at radius 3 is 2.00 bits per heavy atom. The summed E-state index contributed by atoms with van der Waals surface area (Å²) in [6, 6.07) is 2.92. The minimum Gasteiger partial charge on any atom is -0.495 e. The van der Waals surface area contributed by atoms with Crippen LogP contribution in [0.2, 0.25) is 5.02 Å². The third-order valence-corrected chi connectivity index (χ3v) is 2.68. The zero-order chi connectivity index (χ0) is 12.3. The standard InChI is InChI=1S/C11H16ClNO3/c1-6(13)11(14)7-4-8(15-2)10(12)9(5-7)16-3/h4-6,11,14H,13H2,1-3H3/t6-,11-/m0/s1. The second-order valence-electron chi connectivity index (χ2n) is 3.54. The number of rotatable bonds is 4. The molecule has 90 valence electrons. The average molecular weight is 246 g/mol. The molecule has 0 amide bonds. The lowest BCUT2D eigenvalue weighted by Gasteiger charge is -2.17. The van der Waals surface area contributed by atoms with Gasteiger partial charge in [-0.2, -0.15) is 0 Å². The topological polar surface area (TPSA) is 64.7 Å². The fourth-order valence-electron chi connectivity index (χ4n) is 1.36. The normalized spacial score (nSPS) is 14.4. The van der Waals surface area contributed by atoms with E-state index < -0.39 is 6.10 Å². The second kappa shape index (κ2) is 5.39. The van der Waals surface area contributed by atoms with E-state index in [1.165, 1.54) is 14.2 Å². The van der Waals surface area contributed by atoms with E-state index in [2.05, 4.69) is 0 Å². The summed E-state index contributed by atoms with van der Waals surface area (Å²) in [5, 5.41) is 10.2. The molecule has 0 aliphatic heterocycles. The van der Waals surface area contributed by atoms with Crippen molar-refractivity contribution in [3.63, 3.8) is 0 Å². The molecule has 0 fully saturated rings. The summed E-state index contributed by atoms with van der Waals surface area (Å²) in [6.45, 7) is 1.72. The zero-order valence-electron chi connectivity index (χ0n) is 9.53. The number of benzene rings is 1.